The van der Waals surface area contributed by atoms with Crippen LogP contribution in [0, 0.1) is 0 Å². The van der Waals surface area contributed by atoms with Gasteiger partial charge in [-0.25, -0.2) is 0 Å². The van der Waals surface area contributed by atoms with Crippen molar-refractivity contribution in [2.45, 2.75) is 12.6 Å². The molecule has 1 aromatic rings. The lowest BCUT2D eigenvalue weighted by atomic mass is 10.2. The molecule has 0 spiro atoms. The summed E-state index contributed by atoms with van der Waals surface area (Å²) < 4.78 is 0. The van der Waals surface area contributed by atoms with Gasteiger partial charge in [0.1, 0.15) is 6.04 Å². The zero-order valence-electron chi connectivity index (χ0n) is 9.70. The molecule has 1 aliphatic rings. The average Bonchev–Trinajstić information content (AvgIpc) is 2.38. The number of rotatable bonds is 3. The quantitative estimate of drug-likeness (QED) is 0.725. The molecule has 2 rings (SSSR count). The van der Waals surface area contributed by atoms with E-state index in [1.165, 1.54) is 0 Å². The van der Waals surface area contributed by atoms with Crippen LogP contribution in [-0.2, 0) is 16.1 Å². The average molecular weight is 268 g/mol. The summed E-state index contributed by atoms with van der Waals surface area (Å²) >= 11 is 5.99. The monoisotopic (exact) mass is 267 g/mol. The summed E-state index contributed by atoms with van der Waals surface area (Å²) in [6, 6.07) is 6.96. The van der Waals surface area contributed by atoms with Gasteiger partial charge in [-0.1, -0.05) is 29.8 Å². The van der Waals surface area contributed by atoms with Crippen LogP contribution in [-0.4, -0.2) is 30.9 Å². The molecule has 1 heterocycles. The Bertz CT molecular complexity index is 454. The molecular formula is C12H14ClN3O2. The van der Waals surface area contributed by atoms with Crippen LogP contribution < -0.4 is 16.0 Å². The van der Waals surface area contributed by atoms with Crippen LogP contribution in [0.15, 0.2) is 24.3 Å². The summed E-state index contributed by atoms with van der Waals surface area (Å²) in [5.74, 6) is -0.236. The molecule has 2 amide bonds. The Morgan fingerprint density at radius 2 is 2.22 bits per heavy atom. The van der Waals surface area contributed by atoms with Crippen molar-refractivity contribution in [1.29, 1.82) is 0 Å². The summed E-state index contributed by atoms with van der Waals surface area (Å²) in [6.07, 6.45) is 0. The summed E-state index contributed by atoms with van der Waals surface area (Å²) in [5.41, 5.74) is 0.868. The minimum Gasteiger partial charge on any atom is -0.353 e. The Morgan fingerprint density at radius 1 is 1.44 bits per heavy atom. The highest BCUT2D eigenvalue weighted by molar-refractivity contribution is 6.31. The fraction of sp³-hybridized carbons (Fsp3) is 0.333. The van der Waals surface area contributed by atoms with Crippen LogP contribution in [0.3, 0.4) is 0 Å². The number of carbonyl (C=O) groups excluding carboxylic acids is 2. The molecule has 3 N–H and O–H groups in total. The van der Waals surface area contributed by atoms with E-state index in [2.05, 4.69) is 16.0 Å². The minimum absolute atomic E-state index is 0.0925. The minimum atomic E-state index is -0.384. The fourth-order valence-corrected chi connectivity index (χ4v) is 1.90. The number of benzene rings is 1. The van der Waals surface area contributed by atoms with Gasteiger partial charge in [-0.2, -0.15) is 0 Å². The van der Waals surface area contributed by atoms with Crippen LogP contribution in [0.5, 0.6) is 0 Å². The maximum atomic E-state index is 11.8. The van der Waals surface area contributed by atoms with E-state index in [1.54, 1.807) is 6.07 Å². The number of piperazine rings is 1. The standard InChI is InChI=1S/C12H14ClN3O2/c13-9-4-2-1-3-8(9)5-16-12(18)10-6-15-11(17)7-14-10/h1-4,10,14H,5-7H2,(H,15,17)(H,16,18). The van der Waals surface area contributed by atoms with Gasteiger partial charge in [0, 0.05) is 18.1 Å². The number of amides is 2. The smallest absolute Gasteiger partial charge is 0.239 e. The van der Waals surface area contributed by atoms with E-state index in [9.17, 15) is 9.59 Å². The van der Waals surface area contributed by atoms with Gasteiger partial charge in [0.25, 0.3) is 0 Å². The van der Waals surface area contributed by atoms with Gasteiger partial charge in [-0.3, -0.25) is 14.9 Å². The normalized spacial score (nSPS) is 19.2. The third kappa shape index (κ3) is 3.21. The topological polar surface area (TPSA) is 70.2 Å². The van der Waals surface area contributed by atoms with Gasteiger partial charge in [-0.05, 0) is 11.6 Å². The van der Waals surface area contributed by atoms with Gasteiger partial charge < -0.3 is 10.6 Å². The Labute approximate surface area is 110 Å². The number of halogens is 1. The van der Waals surface area contributed by atoms with Crippen molar-refractivity contribution in [3.8, 4) is 0 Å². The second kappa shape index (κ2) is 5.84. The molecular weight excluding hydrogens is 254 g/mol. The van der Waals surface area contributed by atoms with Gasteiger partial charge >= 0.3 is 0 Å². The molecule has 96 valence electrons. The molecule has 0 aliphatic carbocycles. The predicted molar refractivity (Wildman–Crippen MR) is 68.1 cm³/mol. The van der Waals surface area contributed by atoms with E-state index in [4.69, 9.17) is 11.6 Å². The second-order valence-corrected chi connectivity index (χ2v) is 4.45. The number of nitrogens with one attached hydrogen (secondary N) is 3. The van der Waals surface area contributed by atoms with Crippen molar-refractivity contribution in [2.75, 3.05) is 13.1 Å². The van der Waals surface area contributed by atoms with Crippen molar-refractivity contribution in [3.63, 3.8) is 0 Å². The highest BCUT2D eigenvalue weighted by atomic mass is 35.5. The summed E-state index contributed by atoms with van der Waals surface area (Å²) in [4.78, 5) is 22.8. The molecule has 1 fully saturated rings. The molecule has 18 heavy (non-hydrogen) atoms. The van der Waals surface area contributed by atoms with E-state index in [-0.39, 0.29) is 24.4 Å². The van der Waals surface area contributed by atoms with Crippen molar-refractivity contribution < 1.29 is 9.59 Å². The lowest BCUT2D eigenvalue weighted by Gasteiger charge is -2.23. The first-order valence-corrected chi connectivity index (χ1v) is 6.06. The lowest BCUT2D eigenvalue weighted by Crippen LogP contribution is -2.57. The van der Waals surface area contributed by atoms with Crippen molar-refractivity contribution in [2.24, 2.45) is 0 Å². The van der Waals surface area contributed by atoms with E-state index in [0.717, 1.165) is 5.56 Å². The SMILES string of the molecule is O=C1CNC(C(=O)NCc2ccccc2Cl)CN1. The van der Waals surface area contributed by atoms with Crippen LogP contribution >= 0.6 is 11.6 Å². The van der Waals surface area contributed by atoms with Crippen LogP contribution in [0.4, 0.5) is 0 Å². The highest BCUT2D eigenvalue weighted by Crippen LogP contribution is 2.14. The molecule has 0 radical (unpaired) electrons. The maximum absolute atomic E-state index is 11.8. The molecule has 5 nitrogen and oxygen atoms in total. The second-order valence-electron chi connectivity index (χ2n) is 4.05. The summed E-state index contributed by atoms with van der Waals surface area (Å²) in [7, 11) is 0. The Morgan fingerprint density at radius 3 is 2.89 bits per heavy atom. The fourth-order valence-electron chi connectivity index (χ4n) is 1.70. The first kappa shape index (κ1) is 12.9. The molecule has 1 aromatic carbocycles. The van der Waals surface area contributed by atoms with Crippen LogP contribution in [0.1, 0.15) is 5.56 Å². The van der Waals surface area contributed by atoms with Crippen molar-refractivity contribution in [1.82, 2.24) is 16.0 Å². The highest BCUT2D eigenvalue weighted by Gasteiger charge is 2.23. The third-order valence-electron chi connectivity index (χ3n) is 2.74. The zero-order valence-corrected chi connectivity index (χ0v) is 10.5. The van der Waals surface area contributed by atoms with E-state index in [0.29, 0.717) is 18.1 Å². The van der Waals surface area contributed by atoms with Gasteiger partial charge in [0.2, 0.25) is 11.8 Å². The van der Waals surface area contributed by atoms with Gasteiger partial charge in [0.05, 0.1) is 6.54 Å². The van der Waals surface area contributed by atoms with Crippen molar-refractivity contribution >= 4 is 23.4 Å². The summed E-state index contributed by atoms with van der Waals surface area (Å²) in [5, 5.41) is 8.91. The molecule has 0 bridgehead atoms. The van der Waals surface area contributed by atoms with E-state index >= 15 is 0 Å². The van der Waals surface area contributed by atoms with Crippen LogP contribution in [0.2, 0.25) is 5.02 Å². The predicted octanol–water partition coefficient (Wildman–Crippen LogP) is 0.0442. The first-order chi connectivity index (χ1) is 8.66. The van der Waals surface area contributed by atoms with Crippen molar-refractivity contribution in [3.05, 3.63) is 34.9 Å². The molecule has 1 unspecified atom stereocenters. The first-order valence-electron chi connectivity index (χ1n) is 5.68. The Balaban J connectivity index is 1.85. The largest absolute Gasteiger partial charge is 0.353 e. The molecule has 0 saturated carbocycles. The number of hydrogen-bond donors (Lipinski definition) is 3. The lowest BCUT2D eigenvalue weighted by molar-refractivity contribution is -0.126. The Kier molecular flexibility index (Phi) is 4.17. The molecule has 0 aromatic heterocycles. The Hall–Kier alpha value is -1.59. The van der Waals surface area contributed by atoms with Gasteiger partial charge in [0.15, 0.2) is 0 Å². The molecule has 1 atom stereocenters. The maximum Gasteiger partial charge on any atom is 0.239 e. The van der Waals surface area contributed by atoms with Gasteiger partial charge in [-0.15, -0.1) is 0 Å². The third-order valence-corrected chi connectivity index (χ3v) is 3.11. The molecule has 1 aliphatic heterocycles. The molecule has 1 saturated heterocycles. The van der Waals surface area contributed by atoms with E-state index in [1.807, 2.05) is 18.2 Å². The zero-order chi connectivity index (χ0) is 13.0. The van der Waals surface area contributed by atoms with Crippen LogP contribution in [0.25, 0.3) is 0 Å². The van der Waals surface area contributed by atoms with E-state index < -0.39 is 0 Å². The number of carbonyl (C=O) groups is 2. The molecule has 6 heteroatoms. The summed E-state index contributed by atoms with van der Waals surface area (Å²) in [6.45, 7) is 0.863. The number of hydrogen-bond acceptors (Lipinski definition) is 3.